The number of nitrogens with zero attached hydrogens (tertiary/aromatic N) is 3. The molecule has 0 saturated carbocycles. The van der Waals surface area contributed by atoms with Crippen LogP contribution in [0.5, 0.6) is 0 Å². The topological polar surface area (TPSA) is 82.1 Å². The number of carbonyl (C=O) groups is 1. The minimum absolute atomic E-state index is 0.0596. The van der Waals surface area contributed by atoms with Gasteiger partial charge in [0, 0.05) is 37.2 Å². The van der Waals surface area contributed by atoms with Crippen LogP contribution in [0.3, 0.4) is 0 Å². The highest BCUT2D eigenvalue weighted by atomic mass is 32.2. The molecule has 31 heavy (non-hydrogen) atoms. The number of rotatable bonds is 4. The Labute approximate surface area is 181 Å². The Morgan fingerprint density at radius 1 is 1.06 bits per heavy atom. The van der Waals surface area contributed by atoms with Crippen LogP contribution in [0.1, 0.15) is 11.1 Å². The minimum Gasteiger partial charge on any atom is -0.367 e. The first-order valence-electron chi connectivity index (χ1n) is 10.2. The second kappa shape index (κ2) is 7.70. The van der Waals surface area contributed by atoms with Crippen LogP contribution in [0.25, 0.3) is 0 Å². The molecule has 1 amide bonds. The van der Waals surface area contributed by atoms with Crippen LogP contribution in [0.15, 0.2) is 76.9 Å². The highest BCUT2D eigenvalue weighted by Gasteiger charge is 2.30. The Morgan fingerprint density at radius 3 is 2.77 bits per heavy atom. The molecule has 0 unspecified atom stereocenters. The number of sulfonamides is 1. The predicted octanol–water partition coefficient (Wildman–Crippen LogP) is 2.69. The SMILES string of the molecule is O=C(Nc1ccccc1CN1CCc2ccccc21)C1=CC=CN2CCS(=O)(=O)N=C12. The van der Waals surface area contributed by atoms with Gasteiger partial charge in [-0.15, -0.1) is 4.40 Å². The van der Waals surface area contributed by atoms with Gasteiger partial charge in [-0.2, -0.15) is 0 Å². The summed E-state index contributed by atoms with van der Waals surface area (Å²) >= 11 is 0. The van der Waals surface area contributed by atoms with E-state index in [1.54, 1.807) is 23.3 Å². The molecule has 0 atom stereocenters. The van der Waals surface area contributed by atoms with Crippen molar-refractivity contribution in [2.24, 2.45) is 4.40 Å². The number of amidine groups is 1. The Bertz CT molecular complexity index is 1250. The van der Waals surface area contributed by atoms with Crippen LogP contribution in [0.4, 0.5) is 11.4 Å². The molecule has 0 radical (unpaired) electrons. The maximum absolute atomic E-state index is 13.1. The molecule has 0 aliphatic carbocycles. The van der Waals surface area contributed by atoms with Gasteiger partial charge in [0.25, 0.3) is 15.9 Å². The zero-order valence-corrected chi connectivity index (χ0v) is 17.7. The van der Waals surface area contributed by atoms with E-state index in [-0.39, 0.29) is 29.6 Å². The fraction of sp³-hybridized carbons (Fsp3) is 0.217. The lowest BCUT2D eigenvalue weighted by atomic mass is 10.1. The number of amides is 1. The minimum atomic E-state index is -3.56. The fourth-order valence-corrected chi connectivity index (χ4v) is 5.13. The lowest BCUT2D eigenvalue weighted by Crippen LogP contribution is -2.41. The molecule has 8 heteroatoms. The standard InChI is InChI=1S/C23H22N4O3S/c28-23(19-8-5-12-26-14-15-31(29,30)25-22(19)26)24-20-9-3-1-7-18(20)16-27-13-11-17-6-2-4-10-21(17)27/h1-10,12H,11,13-16H2,(H,24,28). The van der Waals surface area contributed by atoms with Crippen molar-refractivity contribution in [3.05, 3.63) is 83.6 Å². The van der Waals surface area contributed by atoms with Gasteiger partial charge in [-0.1, -0.05) is 36.4 Å². The first-order valence-corrected chi connectivity index (χ1v) is 11.8. The summed E-state index contributed by atoms with van der Waals surface area (Å²) in [5, 5.41) is 2.97. The van der Waals surface area contributed by atoms with Crippen molar-refractivity contribution in [2.45, 2.75) is 13.0 Å². The molecular weight excluding hydrogens is 412 g/mol. The molecule has 1 N–H and O–H groups in total. The van der Waals surface area contributed by atoms with Crippen LogP contribution in [0, 0.1) is 0 Å². The first kappa shape index (κ1) is 19.6. The summed E-state index contributed by atoms with van der Waals surface area (Å²) in [6.45, 7) is 1.89. The second-order valence-electron chi connectivity index (χ2n) is 7.73. The average Bonchev–Trinajstić information content (AvgIpc) is 3.17. The molecule has 0 bridgehead atoms. The molecule has 5 rings (SSSR count). The van der Waals surface area contributed by atoms with Crippen molar-refractivity contribution >= 4 is 33.1 Å². The normalized spacial score (nSPS) is 18.7. The van der Waals surface area contributed by atoms with Gasteiger partial charge in [0.1, 0.15) is 0 Å². The largest absolute Gasteiger partial charge is 0.367 e. The molecule has 2 aromatic rings. The maximum Gasteiger partial charge on any atom is 0.259 e. The Balaban J connectivity index is 1.39. The summed E-state index contributed by atoms with van der Waals surface area (Å²) < 4.78 is 27.8. The molecule has 158 valence electrons. The van der Waals surface area contributed by atoms with Gasteiger partial charge in [0.15, 0.2) is 5.84 Å². The molecular formula is C23H22N4O3S. The number of hydrogen-bond acceptors (Lipinski definition) is 5. The lowest BCUT2D eigenvalue weighted by Gasteiger charge is -2.28. The van der Waals surface area contributed by atoms with E-state index in [1.807, 2.05) is 30.3 Å². The van der Waals surface area contributed by atoms with Crippen LogP contribution in [0.2, 0.25) is 0 Å². The number of anilines is 2. The van der Waals surface area contributed by atoms with Crippen molar-refractivity contribution < 1.29 is 13.2 Å². The molecule has 0 aromatic heterocycles. The van der Waals surface area contributed by atoms with Gasteiger partial charge < -0.3 is 15.1 Å². The molecule has 2 aromatic carbocycles. The summed E-state index contributed by atoms with van der Waals surface area (Å²) in [5.41, 5.74) is 4.50. The van der Waals surface area contributed by atoms with E-state index in [4.69, 9.17) is 0 Å². The average molecular weight is 435 g/mol. The number of carbonyl (C=O) groups excluding carboxylic acids is 1. The highest BCUT2D eigenvalue weighted by molar-refractivity contribution is 7.90. The summed E-state index contributed by atoms with van der Waals surface area (Å²) in [5.74, 6) is -0.257. The highest BCUT2D eigenvalue weighted by Crippen LogP contribution is 2.30. The zero-order valence-electron chi connectivity index (χ0n) is 16.9. The smallest absolute Gasteiger partial charge is 0.259 e. The number of para-hydroxylation sites is 2. The molecule has 7 nitrogen and oxygen atoms in total. The Morgan fingerprint density at radius 2 is 1.87 bits per heavy atom. The van der Waals surface area contributed by atoms with Crippen molar-refractivity contribution in [3.8, 4) is 0 Å². The Hall–Kier alpha value is -3.39. The second-order valence-corrected chi connectivity index (χ2v) is 9.48. The van der Waals surface area contributed by atoms with Crippen molar-refractivity contribution in [2.75, 3.05) is 29.1 Å². The van der Waals surface area contributed by atoms with Crippen LogP contribution in [-0.4, -0.2) is 43.9 Å². The molecule has 3 aliphatic rings. The molecule has 0 saturated heterocycles. The van der Waals surface area contributed by atoms with E-state index in [0.717, 1.165) is 18.5 Å². The lowest BCUT2D eigenvalue weighted by molar-refractivity contribution is -0.112. The van der Waals surface area contributed by atoms with Crippen molar-refractivity contribution in [3.63, 3.8) is 0 Å². The maximum atomic E-state index is 13.1. The van der Waals surface area contributed by atoms with E-state index in [9.17, 15) is 13.2 Å². The molecule has 0 fully saturated rings. The summed E-state index contributed by atoms with van der Waals surface area (Å²) in [7, 11) is -3.56. The number of allylic oxidation sites excluding steroid dienone is 2. The van der Waals surface area contributed by atoms with E-state index >= 15 is 0 Å². The number of benzene rings is 2. The Kier molecular flexibility index (Phi) is 4.86. The van der Waals surface area contributed by atoms with Gasteiger partial charge in [-0.25, -0.2) is 8.42 Å². The van der Waals surface area contributed by atoms with Gasteiger partial charge in [-0.05, 0) is 41.8 Å². The van der Waals surface area contributed by atoms with Crippen LogP contribution < -0.4 is 10.2 Å². The molecule has 3 aliphatic heterocycles. The van der Waals surface area contributed by atoms with Crippen LogP contribution in [-0.2, 0) is 27.8 Å². The van der Waals surface area contributed by atoms with Crippen LogP contribution >= 0.6 is 0 Å². The quantitative estimate of drug-likeness (QED) is 0.800. The van der Waals surface area contributed by atoms with Crippen molar-refractivity contribution in [1.29, 1.82) is 0 Å². The first-order chi connectivity index (χ1) is 15.0. The summed E-state index contributed by atoms with van der Waals surface area (Å²) in [6, 6.07) is 16.1. The van der Waals surface area contributed by atoms with Gasteiger partial charge >= 0.3 is 0 Å². The summed E-state index contributed by atoms with van der Waals surface area (Å²) in [4.78, 5) is 17.1. The summed E-state index contributed by atoms with van der Waals surface area (Å²) in [6.07, 6.45) is 6.08. The van der Waals surface area contributed by atoms with E-state index in [1.165, 1.54) is 11.3 Å². The van der Waals surface area contributed by atoms with Crippen molar-refractivity contribution in [1.82, 2.24) is 4.90 Å². The van der Waals surface area contributed by atoms with Gasteiger partial charge in [0.05, 0.1) is 11.3 Å². The predicted molar refractivity (Wildman–Crippen MR) is 121 cm³/mol. The van der Waals surface area contributed by atoms with E-state index in [0.29, 0.717) is 12.2 Å². The third-order valence-electron chi connectivity index (χ3n) is 5.71. The van der Waals surface area contributed by atoms with Gasteiger partial charge in [-0.3, -0.25) is 4.79 Å². The number of hydrogen-bond donors (Lipinski definition) is 1. The van der Waals surface area contributed by atoms with E-state index in [2.05, 4.69) is 32.8 Å². The van der Waals surface area contributed by atoms with E-state index < -0.39 is 10.0 Å². The number of nitrogens with one attached hydrogen (secondary N) is 1. The number of fused-ring (bicyclic) bond motifs is 2. The monoisotopic (exact) mass is 434 g/mol. The zero-order chi connectivity index (χ0) is 21.4. The molecule has 0 spiro atoms. The fourth-order valence-electron chi connectivity index (χ4n) is 4.14. The van der Waals surface area contributed by atoms with Gasteiger partial charge in [0.2, 0.25) is 0 Å². The molecule has 3 heterocycles. The third kappa shape index (κ3) is 3.86. The third-order valence-corrected chi connectivity index (χ3v) is 6.86.